The van der Waals surface area contributed by atoms with Crippen molar-refractivity contribution in [1.82, 2.24) is 5.32 Å². The molecule has 1 aliphatic heterocycles. The van der Waals surface area contributed by atoms with Crippen LogP contribution in [0, 0.1) is 0 Å². The van der Waals surface area contributed by atoms with Crippen LogP contribution in [-0.4, -0.2) is 23.5 Å². The SMILES string of the molecule is CCC(=O)Nc1ccc2c(c1)C(=O)NC(=O)C2=O. The van der Waals surface area contributed by atoms with Crippen molar-refractivity contribution in [2.75, 3.05) is 5.32 Å². The summed E-state index contributed by atoms with van der Waals surface area (Å²) in [6.45, 7) is 1.70. The molecule has 0 atom stereocenters. The Morgan fingerprint density at radius 2 is 1.89 bits per heavy atom. The summed E-state index contributed by atoms with van der Waals surface area (Å²) in [4.78, 5) is 45.4. The molecule has 3 amide bonds. The van der Waals surface area contributed by atoms with Crippen molar-refractivity contribution in [3.63, 3.8) is 0 Å². The van der Waals surface area contributed by atoms with Crippen LogP contribution >= 0.6 is 0 Å². The third-order valence-corrected chi connectivity index (χ3v) is 2.55. The van der Waals surface area contributed by atoms with E-state index < -0.39 is 17.6 Å². The lowest BCUT2D eigenvalue weighted by Crippen LogP contribution is -2.42. The number of hydrogen-bond acceptors (Lipinski definition) is 4. The number of carbonyl (C=O) groups excluding carboxylic acids is 4. The van der Waals surface area contributed by atoms with Gasteiger partial charge in [-0.15, -0.1) is 0 Å². The highest BCUT2D eigenvalue weighted by Gasteiger charge is 2.30. The van der Waals surface area contributed by atoms with E-state index in [1.54, 1.807) is 6.92 Å². The molecule has 92 valence electrons. The number of carbonyl (C=O) groups is 4. The number of anilines is 1. The Morgan fingerprint density at radius 3 is 2.56 bits per heavy atom. The fourth-order valence-corrected chi connectivity index (χ4v) is 1.61. The molecule has 0 saturated heterocycles. The molecule has 0 unspecified atom stereocenters. The molecule has 2 N–H and O–H groups in total. The molecule has 1 aromatic rings. The molecule has 6 nitrogen and oxygen atoms in total. The number of nitrogens with one attached hydrogen (secondary N) is 2. The predicted molar refractivity (Wildman–Crippen MR) is 62.2 cm³/mol. The Hall–Kier alpha value is -2.50. The molecule has 1 aromatic carbocycles. The lowest BCUT2D eigenvalue weighted by Gasteiger charge is -2.15. The minimum atomic E-state index is -0.933. The Balaban J connectivity index is 2.40. The second-order valence-electron chi connectivity index (χ2n) is 3.77. The third kappa shape index (κ3) is 2.00. The van der Waals surface area contributed by atoms with Gasteiger partial charge in [0.1, 0.15) is 0 Å². The topological polar surface area (TPSA) is 92.3 Å². The Kier molecular flexibility index (Phi) is 2.93. The minimum absolute atomic E-state index is 0.0539. The standard InChI is InChI=1S/C12H10N2O4/c1-2-9(15)13-6-3-4-7-8(5-6)11(17)14-12(18)10(7)16/h3-5H,2H2,1H3,(H,13,15)(H,14,17,18). The first kappa shape index (κ1) is 12.0. The molecule has 1 aliphatic rings. The zero-order chi connectivity index (χ0) is 13.3. The molecule has 18 heavy (non-hydrogen) atoms. The first-order valence-corrected chi connectivity index (χ1v) is 5.37. The fourth-order valence-electron chi connectivity index (χ4n) is 1.61. The minimum Gasteiger partial charge on any atom is -0.326 e. The van der Waals surface area contributed by atoms with Crippen molar-refractivity contribution < 1.29 is 19.2 Å². The first-order valence-electron chi connectivity index (χ1n) is 5.37. The molecule has 2 rings (SSSR count). The number of hydrogen-bond donors (Lipinski definition) is 2. The van der Waals surface area contributed by atoms with Crippen LogP contribution < -0.4 is 10.6 Å². The Morgan fingerprint density at radius 1 is 1.17 bits per heavy atom. The molecule has 0 spiro atoms. The Bertz CT molecular complexity index is 577. The van der Waals surface area contributed by atoms with Crippen LogP contribution in [-0.2, 0) is 9.59 Å². The highest BCUT2D eigenvalue weighted by Crippen LogP contribution is 2.19. The van der Waals surface area contributed by atoms with Crippen LogP contribution in [0.5, 0.6) is 0 Å². The van der Waals surface area contributed by atoms with Crippen molar-refractivity contribution in [2.24, 2.45) is 0 Å². The largest absolute Gasteiger partial charge is 0.326 e. The molecular formula is C12H10N2O4. The molecule has 6 heteroatoms. The van der Waals surface area contributed by atoms with Gasteiger partial charge in [0.2, 0.25) is 5.91 Å². The van der Waals surface area contributed by atoms with E-state index in [4.69, 9.17) is 0 Å². The summed E-state index contributed by atoms with van der Waals surface area (Å²) in [5.41, 5.74) is 0.560. The number of Topliss-reactive ketones (excluding diaryl/α,β-unsaturated/α-hetero) is 1. The average molecular weight is 246 g/mol. The quantitative estimate of drug-likeness (QED) is 0.586. The number of amides is 3. The summed E-state index contributed by atoms with van der Waals surface area (Å²) in [7, 11) is 0. The van der Waals surface area contributed by atoms with Crippen molar-refractivity contribution in [3.05, 3.63) is 29.3 Å². The first-order chi connectivity index (χ1) is 8.52. The van der Waals surface area contributed by atoms with Crippen molar-refractivity contribution in [1.29, 1.82) is 0 Å². The molecule has 0 saturated carbocycles. The van der Waals surface area contributed by atoms with E-state index in [1.165, 1.54) is 18.2 Å². The second-order valence-corrected chi connectivity index (χ2v) is 3.77. The van der Waals surface area contributed by atoms with Crippen molar-refractivity contribution >= 4 is 29.2 Å². The average Bonchev–Trinajstić information content (AvgIpc) is 2.36. The third-order valence-electron chi connectivity index (χ3n) is 2.55. The van der Waals surface area contributed by atoms with Gasteiger partial charge >= 0.3 is 0 Å². The van der Waals surface area contributed by atoms with Crippen molar-refractivity contribution in [2.45, 2.75) is 13.3 Å². The molecule has 0 fully saturated rings. The van der Waals surface area contributed by atoms with E-state index in [2.05, 4.69) is 5.32 Å². The second kappa shape index (κ2) is 4.40. The molecule has 1 heterocycles. The van der Waals surface area contributed by atoms with Crippen LogP contribution in [0.15, 0.2) is 18.2 Å². The van der Waals surface area contributed by atoms with Gasteiger partial charge in [-0.05, 0) is 18.2 Å². The van der Waals surface area contributed by atoms with Gasteiger partial charge in [0.25, 0.3) is 17.6 Å². The zero-order valence-electron chi connectivity index (χ0n) is 9.57. The Labute approximate surface area is 102 Å². The van der Waals surface area contributed by atoms with E-state index in [0.29, 0.717) is 12.1 Å². The number of fused-ring (bicyclic) bond motifs is 1. The summed E-state index contributed by atoms with van der Waals surface area (Å²) in [5, 5.41) is 4.51. The molecule has 0 bridgehead atoms. The molecule has 0 aromatic heterocycles. The summed E-state index contributed by atoms with van der Waals surface area (Å²) < 4.78 is 0. The van der Waals surface area contributed by atoms with Crippen molar-refractivity contribution in [3.8, 4) is 0 Å². The highest BCUT2D eigenvalue weighted by atomic mass is 16.2. The molecule has 0 radical (unpaired) electrons. The lowest BCUT2D eigenvalue weighted by atomic mass is 9.98. The van der Waals surface area contributed by atoms with Crippen LogP contribution in [0.2, 0.25) is 0 Å². The smallest absolute Gasteiger partial charge is 0.299 e. The van der Waals surface area contributed by atoms with Gasteiger partial charge in [-0.3, -0.25) is 24.5 Å². The van der Waals surface area contributed by atoms with Crippen LogP contribution in [0.25, 0.3) is 0 Å². The summed E-state index contributed by atoms with van der Waals surface area (Å²) in [6, 6.07) is 4.22. The number of imide groups is 1. The normalized spacial score (nSPS) is 13.9. The van der Waals surface area contributed by atoms with Crippen LogP contribution in [0.4, 0.5) is 5.69 Å². The van der Waals surface area contributed by atoms with E-state index in [1.807, 2.05) is 5.32 Å². The number of rotatable bonds is 2. The lowest BCUT2D eigenvalue weighted by molar-refractivity contribution is -0.116. The van der Waals surface area contributed by atoms with E-state index in [-0.39, 0.29) is 17.0 Å². The van der Waals surface area contributed by atoms with Gasteiger partial charge in [0, 0.05) is 17.7 Å². The van der Waals surface area contributed by atoms with Gasteiger partial charge in [-0.2, -0.15) is 0 Å². The van der Waals surface area contributed by atoms with Gasteiger partial charge in [0.05, 0.1) is 5.56 Å². The molecular weight excluding hydrogens is 236 g/mol. The number of ketones is 1. The zero-order valence-corrected chi connectivity index (χ0v) is 9.57. The van der Waals surface area contributed by atoms with Crippen LogP contribution in [0.3, 0.4) is 0 Å². The van der Waals surface area contributed by atoms with E-state index in [0.717, 1.165) is 0 Å². The maximum atomic E-state index is 11.6. The maximum absolute atomic E-state index is 11.6. The highest BCUT2D eigenvalue weighted by molar-refractivity contribution is 6.49. The van der Waals surface area contributed by atoms with Gasteiger partial charge in [-0.1, -0.05) is 6.92 Å². The van der Waals surface area contributed by atoms with Gasteiger partial charge in [-0.25, -0.2) is 0 Å². The van der Waals surface area contributed by atoms with E-state index >= 15 is 0 Å². The monoisotopic (exact) mass is 246 g/mol. The van der Waals surface area contributed by atoms with E-state index in [9.17, 15) is 19.2 Å². The number of benzene rings is 1. The maximum Gasteiger partial charge on any atom is 0.299 e. The summed E-state index contributed by atoms with van der Waals surface area (Å²) in [5.74, 6) is -2.52. The van der Waals surface area contributed by atoms with Crippen LogP contribution in [0.1, 0.15) is 34.1 Å². The fraction of sp³-hybridized carbons (Fsp3) is 0.167. The summed E-state index contributed by atoms with van der Waals surface area (Å²) >= 11 is 0. The molecule has 0 aliphatic carbocycles. The van der Waals surface area contributed by atoms with Gasteiger partial charge in [0.15, 0.2) is 0 Å². The predicted octanol–water partition coefficient (Wildman–Crippen LogP) is 0.488. The van der Waals surface area contributed by atoms with Gasteiger partial charge < -0.3 is 5.32 Å². The summed E-state index contributed by atoms with van der Waals surface area (Å²) in [6.07, 6.45) is 0.306.